The summed E-state index contributed by atoms with van der Waals surface area (Å²) >= 11 is 0. The third-order valence-corrected chi connectivity index (χ3v) is 4.78. The molecule has 0 amide bonds. The van der Waals surface area contributed by atoms with Gasteiger partial charge < -0.3 is 0 Å². The number of rotatable bonds is 2. The van der Waals surface area contributed by atoms with Gasteiger partial charge in [-0.3, -0.25) is 0 Å². The van der Waals surface area contributed by atoms with Crippen molar-refractivity contribution in [1.82, 2.24) is 0 Å². The van der Waals surface area contributed by atoms with Crippen molar-refractivity contribution in [2.75, 3.05) is 0 Å². The van der Waals surface area contributed by atoms with E-state index >= 15 is 0 Å². The van der Waals surface area contributed by atoms with E-state index in [1.54, 1.807) is 0 Å². The van der Waals surface area contributed by atoms with Gasteiger partial charge in [0, 0.05) is 0 Å². The van der Waals surface area contributed by atoms with Crippen molar-refractivity contribution >= 4 is 0 Å². The normalized spacial score (nSPS) is 39.9. The van der Waals surface area contributed by atoms with Crippen LogP contribution in [0.4, 0.5) is 0 Å². The van der Waals surface area contributed by atoms with Gasteiger partial charge in [-0.1, -0.05) is 45.3 Å². The Morgan fingerprint density at radius 1 is 1.19 bits per heavy atom. The highest BCUT2D eigenvalue weighted by Crippen LogP contribution is 2.55. The van der Waals surface area contributed by atoms with Crippen molar-refractivity contribution in [3.8, 4) is 0 Å². The molecule has 92 valence electrons. The van der Waals surface area contributed by atoms with Crippen LogP contribution >= 0.6 is 0 Å². The molecule has 0 aromatic rings. The first-order valence-electron chi connectivity index (χ1n) is 7.44. The van der Waals surface area contributed by atoms with Crippen LogP contribution < -0.4 is 0 Å². The van der Waals surface area contributed by atoms with Crippen LogP contribution in [0.2, 0.25) is 0 Å². The molecule has 2 aliphatic rings. The van der Waals surface area contributed by atoms with E-state index in [0.29, 0.717) is 5.41 Å². The second kappa shape index (κ2) is 5.38. The molecule has 0 aromatic carbocycles. The summed E-state index contributed by atoms with van der Waals surface area (Å²) in [5.74, 6) is 1.97. The predicted octanol–water partition coefficient (Wildman–Crippen LogP) is 5.34. The molecule has 0 aromatic heterocycles. The Bertz CT molecular complexity index is 232. The monoisotopic (exact) mass is 220 g/mol. The van der Waals surface area contributed by atoms with Crippen LogP contribution in [0.25, 0.3) is 0 Å². The lowest BCUT2D eigenvalue weighted by Crippen LogP contribution is -2.40. The third-order valence-electron chi connectivity index (χ3n) is 4.78. The van der Waals surface area contributed by atoms with Gasteiger partial charge in [-0.2, -0.15) is 0 Å². The van der Waals surface area contributed by atoms with Crippen molar-refractivity contribution in [2.45, 2.75) is 71.6 Å². The molecular formula is C16H28. The Kier molecular flexibility index (Phi) is 4.10. The van der Waals surface area contributed by atoms with Gasteiger partial charge >= 0.3 is 0 Å². The quantitative estimate of drug-likeness (QED) is 0.551. The molecule has 0 bridgehead atoms. The molecule has 0 nitrogen and oxygen atoms in total. The van der Waals surface area contributed by atoms with E-state index in [4.69, 9.17) is 0 Å². The highest BCUT2D eigenvalue weighted by atomic mass is 14.5. The average Bonchev–Trinajstić information content (AvgIpc) is 2.31. The zero-order chi connectivity index (χ0) is 11.4. The Morgan fingerprint density at radius 3 is 2.69 bits per heavy atom. The minimum absolute atomic E-state index is 0.625. The van der Waals surface area contributed by atoms with Crippen LogP contribution in [-0.4, -0.2) is 0 Å². The highest BCUT2D eigenvalue weighted by Gasteiger charge is 2.44. The van der Waals surface area contributed by atoms with Crippen molar-refractivity contribution in [2.24, 2.45) is 17.3 Å². The van der Waals surface area contributed by atoms with Crippen LogP contribution in [0.3, 0.4) is 0 Å². The minimum Gasteiger partial charge on any atom is -0.0880 e. The van der Waals surface area contributed by atoms with E-state index in [1.165, 1.54) is 57.8 Å². The van der Waals surface area contributed by atoms with Crippen molar-refractivity contribution < 1.29 is 0 Å². The van der Waals surface area contributed by atoms with E-state index in [-0.39, 0.29) is 0 Å². The van der Waals surface area contributed by atoms with Gasteiger partial charge in [-0.15, -0.1) is 0 Å². The smallest absolute Gasteiger partial charge is 0.00849 e. The van der Waals surface area contributed by atoms with Crippen LogP contribution in [0.5, 0.6) is 0 Å². The van der Waals surface area contributed by atoms with E-state index in [0.717, 1.165) is 11.8 Å². The molecular weight excluding hydrogens is 192 g/mol. The Hall–Kier alpha value is -0.260. The summed E-state index contributed by atoms with van der Waals surface area (Å²) in [5, 5.41) is 0. The van der Waals surface area contributed by atoms with Crippen molar-refractivity contribution in [1.29, 1.82) is 0 Å². The Morgan fingerprint density at radius 2 is 2.00 bits per heavy atom. The van der Waals surface area contributed by atoms with Gasteiger partial charge in [0.1, 0.15) is 0 Å². The SMILES string of the molecule is CCCC1CCCCCC=CC12CC(C)C2. The zero-order valence-electron chi connectivity index (χ0n) is 11.2. The molecule has 2 aliphatic carbocycles. The predicted molar refractivity (Wildman–Crippen MR) is 71.5 cm³/mol. The summed E-state index contributed by atoms with van der Waals surface area (Å²) in [7, 11) is 0. The summed E-state index contributed by atoms with van der Waals surface area (Å²) < 4.78 is 0. The number of hydrogen-bond donors (Lipinski definition) is 0. The number of hydrogen-bond acceptors (Lipinski definition) is 0. The average molecular weight is 220 g/mol. The molecule has 2 rings (SSSR count). The van der Waals surface area contributed by atoms with Gasteiger partial charge in [0.2, 0.25) is 0 Å². The van der Waals surface area contributed by atoms with Gasteiger partial charge in [-0.25, -0.2) is 0 Å². The van der Waals surface area contributed by atoms with Gasteiger partial charge in [0.15, 0.2) is 0 Å². The lowest BCUT2D eigenvalue weighted by atomic mass is 9.54. The highest BCUT2D eigenvalue weighted by molar-refractivity contribution is 5.10. The summed E-state index contributed by atoms with van der Waals surface area (Å²) in [6.07, 6.45) is 18.0. The lowest BCUT2D eigenvalue weighted by Gasteiger charge is -2.50. The first-order chi connectivity index (χ1) is 7.77. The molecule has 0 saturated heterocycles. The van der Waals surface area contributed by atoms with Gasteiger partial charge in [0.25, 0.3) is 0 Å². The molecule has 1 unspecified atom stereocenters. The standard InChI is InChI=1S/C16H28/c1-3-9-15-10-7-5-4-6-8-11-16(15)12-14(2)13-16/h8,11,14-15H,3-7,9-10,12-13H2,1-2H3. The molecule has 1 fully saturated rings. The van der Waals surface area contributed by atoms with Crippen LogP contribution in [0, 0.1) is 17.3 Å². The molecule has 0 heteroatoms. The fourth-order valence-corrected chi connectivity index (χ4v) is 4.06. The zero-order valence-corrected chi connectivity index (χ0v) is 11.2. The maximum atomic E-state index is 2.62. The third kappa shape index (κ3) is 2.52. The topological polar surface area (TPSA) is 0 Å². The summed E-state index contributed by atoms with van der Waals surface area (Å²) in [6.45, 7) is 4.78. The van der Waals surface area contributed by atoms with E-state index < -0.39 is 0 Å². The Balaban J connectivity index is 2.08. The first kappa shape index (κ1) is 12.2. The fraction of sp³-hybridized carbons (Fsp3) is 0.875. The summed E-state index contributed by atoms with van der Waals surface area (Å²) in [5.41, 5.74) is 0.625. The van der Waals surface area contributed by atoms with Crippen molar-refractivity contribution in [3.05, 3.63) is 12.2 Å². The summed E-state index contributed by atoms with van der Waals surface area (Å²) in [4.78, 5) is 0. The van der Waals surface area contributed by atoms with Crippen LogP contribution in [0.1, 0.15) is 71.6 Å². The second-order valence-corrected chi connectivity index (χ2v) is 6.27. The number of allylic oxidation sites excluding steroid dienone is 2. The largest absolute Gasteiger partial charge is 0.0880 e. The second-order valence-electron chi connectivity index (χ2n) is 6.27. The molecule has 0 aliphatic heterocycles. The molecule has 1 atom stereocenters. The molecule has 1 spiro atoms. The molecule has 1 saturated carbocycles. The van der Waals surface area contributed by atoms with Crippen LogP contribution in [-0.2, 0) is 0 Å². The van der Waals surface area contributed by atoms with E-state index in [2.05, 4.69) is 26.0 Å². The molecule has 0 radical (unpaired) electrons. The first-order valence-corrected chi connectivity index (χ1v) is 7.44. The van der Waals surface area contributed by atoms with E-state index in [1.807, 2.05) is 0 Å². The fourth-order valence-electron chi connectivity index (χ4n) is 4.06. The van der Waals surface area contributed by atoms with Crippen LogP contribution in [0.15, 0.2) is 12.2 Å². The maximum absolute atomic E-state index is 2.62. The van der Waals surface area contributed by atoms with Crippen molar-refractivity contribution in [3.63, 3.8) is 0 Å². The lowest BCUT2D eigenvalue weighted by molar-refractivity contribution is 0.0393. The van der Waals surface area contributed by atoms with E-state index in [9.17, 15) is 0 Å². The summed E-state index contributed by atoms with van der Waals surface area (Å²) in [6, 6.07) is 0. The molecule has 0 N–H and O–H groups in total. The molecule has 16 heavy (non-hydrogen) atoms. The van der Waals surface area contributed by atoms with Gasteiger partial charge in [-0.05, 0) is 55.8 Å². The Labute approximate surface area is 102 Å². The maximum Gasteiger partial charge on any atom is -0.00849 e. The minimum atomic E-state index is 0.625. The molecule has 0 heterocycles. The van der Waals surface area contributed by atoms with Gasteiger partial charge in [0.05, 0.1) is 0 Å².